The van der Waals surface area contributed by atoms with Crippen molar-refractivity contribution in [2.45, 2.75) is 13.3 Å². The van der Waals surface area contributed by atoms with Crippen molar-refractivity contribution in [2.75, 3.05) is 53.1 Å². The largest absolute Gasteiger partial charge is 0.497 e. The Bertz CT molecular complexity index is 1050. The van der Waals surface area contributed by atoms with Crippen molar-refractivity contribution in [2.24, 2.45) is 4.99 Å². The van der Waals surface area contributed by atoms with Crippen LogP contribution in [-0.4, -0.2) is 58.0 Å². The van der Waals surface area contributed by atoms with Gasteiger partial charge < -0.3 is 18.6 Å². The van der Waals surface area contributed by atoms with Crippen molar-refractivity contribution >= 4 is 11.0 Å². The fourth-order valence-electron chi connectivity index (χ4n) is 3.75. The second kappa shape index (κ2) is 10.5. The number of benzene rings is 2. The van der Waals surface area contributed by atoms with Crippen LogP contribution in [0.3, 0.4) is 0 Å². The molecule has 6 heteroatoms. The van der Waals surface area contributed by atoms with Crippen LogP contribution in [0.1, 0.15) is 13.3 Å². The average Bonchev–Trinajstić information content (AvgIpc) is 2.82. The summed E-state index contributed by atoms with van der Waals surface area (Å²) in [4.78, 5) is 7.38. The lowest BCUT2D eigenvalue weighted by Gasteiger charge is -2.26. The van der Waals surface area contributed by atoms with Gasteiger partial charge in [0.25, 0.3) is 0 Å². The molecule has 3 aromatic rings. The van der Waals surface area contributed by atoms with E-state index in [4.69, 9.17) is 23.6 Å². The third-order valence-electron chi connectivity index (χ3n) is 5.42. The topological polar surface area (TPSA) is 56.4 Å². The van der Waals surface area contributed by atoms with E-state index >= 15 is 0 Å². The van der Waals surface area contributed by atoms with Crippen molar-refractivity contribution in [3.05, 3.63) is 53.9 Å². The summed E-state index contributed by atoms with van der Waals surface area (Å²) in [6, 6.07) is 15.8. The monoisotopic (exact) mass is 422 g/mol. The number of rotatable bonds is 8. The standard InChI is InChI=1S/C25H30N2O4/c1-3-30-21-9-10-24-22(17-21)23(26-11-4-12-27-13-15-29-16-14-27)18-25(31-24)19-5-7-20(28-2)8-6-19/h5-10,17-18H,3-4,11-16H2,1-2H3. The molecule has 0 spiro atoms. The predicted octanol–water partition coefficient (Wildman–Crippen LogP) is 4.13. The molecule has 1 aliphatic rings. The normalized spacial score (nSPS) is 15.4. The van der Waals surface area contributed by atoms with Crippen LogP contribution < -0.4 is 14.8 Å². The molecule has 2 heterocycles. The van der Waals surface area contributed by atoms with Gasteiger partial charge in [0.05, 0.1) is 32.3 Å². The maximum Gasteiger partial charge on any atom is 0.137 e. The van der Waals surface area contributed by atoms with Crippen LogP contribution in [0.2, 0.25) is 0 Å². The number of methoxy groups -OCH3 is 1. The molecule has 2 aromatic carbocycles. The van der Waals surface area contributed by atoms with Crippen LogP contribution in [0.4, 0.5) is 0 Å². The summed E-state index contributed by atoms with van der Waals surface area (Å²) in [5.74, 6) is 2.43. The molecule has 4 rings (SSSR count). The minimum absolute atomic E-state index is 0.624. The third kappa shape index (κ3) is 5.46. The Morgan fingerprint density at radius 2 is 1.77 bits per heavy atom. The van der Waals surface area contributed by atoms with E-state index in [1.807, 2.05) is 55.5 Å². The first-order valence-electron chi connectivity index (χ1n) is 10.9. The van der Waals surface area contributed by atoms with E-state index in [1.54, 1.807) is 7.11 Å². The molecule has 0 atom stereocenters. The van der Waals surface area contributed by atoms with E-state index in [2.05, 4.69) is 4.90 Å². The molecule has 164 valence electrons. The van der Waals surface area contributed by atoms with Gasteiger partial charge in [0.15, 0.2) is 0 Å². The van der Waals surface area contributed by atoms with Gasteiger partial charge in [0, 0.05) is 43.2 Å². The quantitative estimate of drug-likeness (QED) is 0.511. The average molecular weight is 423 g/mol. The van der Waals surface area contributed by atoms with Gasteiger partial charge in [-0.05, 0) is 55.8 Å². The summed E-state index contributed by atoms with van der Waals surface area (Å²) in [6.45, 7) is 8.07. The molecule has 1 fully saturated rings. The molecule has 1 aromatic heterocycles. The van der Waals surface area contributed by atoms with E-state index in [0.29, 0.717) is 6.61 Å². The summed E-state index contributed by atoms with van der Waals surface area (Å²) in [5, 5.41) is 1.89. The SMILES string of the molecule is CCOc1ccc2oc(-c3ccc(OC)cc3)cc(=NCCCN3CCOCC3)c2c1. The first kappa shape index (κ1) is 21.4. The first-order chi connectivity index (χ1) is 15.3. The molecule has 0 aliphatic carbocycles. The Balaban J connectivity index is 1.64. The van der Waals surface area contributed by atoms with Gasteiger partial charge >= 0.3 is 0 Å². The highest BCUT2D eigenvalue weighted by Crippen LogP contribution is 2.26. The minimum atomic E-state index is 0.624. The zero-order valence-corrected chi connectivity index (χ0v) is 18.3. The highest BCUT2D eigenvalue weighted by molar-refractivity contribution is 5.80. The molecule has 0 unspecified atom stereocenters. The van der Waals surface area contributed by atoms with Crippen molar-refractivity contribution in [3.8, 4) is 22.8 Å². The van der Waals surface area contributed by atoms with Crippen LogP contribution in [0.15, 0.2) is 57.9 Å². The Hall–Kier alpha value is -2.83. The second-order valence-electron chi connectivity index (χ2n) is 7.50. The smallest absolute Gasteiger partial charge is 0.137 e. The number of ether oxygens (including phenoxy) is 3. The van der Waals surface area contributed by atoms with Gasteiger partial charge in [0.2, 0.25) is 0 Å². The van der Waals surface area contributed by atoms with Crippen LogP contribution in [0.25, 0.3) is 22.3 Å². The van der Waals surface area contributed by atoms with E-state index in [1.165, 1.54) is 0 Å². The first-order valence-corrected chi connectivity index (χ1v) is 10.9. The maximum atomic E-state index is 6.22. The number of morpholine rings is 1. The van der Waals surface area contributed by atoms with Crippen molar-refractivity contribution < 1.29 is 18.6 Å². The minimum Gasteiger partial charge on any atom is -0.497 e. The number of nitrogens with zero attached hydrogens (tertiary/aromatic N) is 2. The molecular formula is C25H30N2O4. The molecule has 0 radical (unpaired) electrons. The summed E-state index contributed by atoms with van der Waals surface area (Å²) < 4.78 is 22.6. The molecular weight excluding hydrogens is 392 g/mol. The highest BCUT2D eigenvalue weighted by Gasteiger charge is 2.10. The maximum absolute atomic E-state index is 6.22. The molecule has 0 bridgehead atoms. The van der Waals surface area contributed by atoms with E-state index in [-0.39, 0.29) is 0 Å². The fourth-order valence-corrected chi connectivity index (χ4v) is 3.75. The second-order valence-corrected chi connectivity index (χ2v) is 7.50. The zero-order chi connectivity index (χ0) is 21.5. The van der Waals surface area contributed by atoms with Gasteiger partial charge in [-0.3, -0.25) is 9.89 Å². The summed E-state index contributed by atoms with van der Waals surface area (Å²) in [7, 11) is 1.67. The van der Waals surface area contributed by atoms with Crippen LogP contribution in [0, 0.1) is 0 Å². The number of hydrogen-bond donors (Lipinski definition) is 0. The van der Waals surface area contributed by atoms with Crippen LogP contribution in [-0.2, 0) is 4.74 Å². The van der Waals surface area contributed by atoms with Crippen molar-refractivity contribution in [1.29, 1.82) is 0 Å². The summed E-state index contributed by atoms with van der Waals surface area (Å²) in [6.07, 6.45) is 1.01. The van der Waals surface area contributed by atoms with E-state index in [9.17, 15) is 0 Å². The number of hydrogen-bond acceptors (Lipinski definition) is 6. The molecule has 0 saturated carbocycles. The number of fused-ring (bicyclic) bond motifs is 1. The van der Waals surface area contributed by atoms with Gasteiger partial charge in [-0.1, -0.05) is 0 Å². The van der Waals surface area contributed by atoms with Gasteiger partial charge in [-0.25, -0.2) is 0 Å². The lowest BCUT2D eigenvalue weighted by atomic mass is 10.1. The molecule has 31 heavy (non-hydrogen) atoms. The highest BCUT2D eigenvalue weighted by atomic mass is 16.5. The Morgan fingerprint density at radius 1 is 1.00 bits per heavy atom. The molecule has 0 amide bonds. The van der Waals surface area contributed by atoms with Crippen LogP contribution in [0.5, 0.6) is 11.5 Å². The lowest BCUT2D eigenvalue weighted by molar-refractivity contribution is 0.0377. The zero-order valence-electron chi connectivity index (χ0n) is 18.3. The van der Waals surface area contributed by atoms with Crippen molar-refractivity contribution in [1.82, 2.24) is 4.90 Å². The van der Waals surface area contributed by atoms with Crippen molar-refractivity contribution in [3.63, 3.8) is 0 Å². The molecule has 0 N–H and O–H groups in total. The molecule has 6 nitrogen and oxygen atoms in total. The molecule has 1 saturated heterocycles. The predicted molar refractivity (Wildman–Crippen MR) is 122 cm³/mol. The van der Waals surface area contributed by atoms with Crippen LogP contribution >= 0.6 is 0 Å². The van der Waals surface area contributed by atoms with E-state index in [0.717, 1.165) is 85.0 Å². The summed E-state index contributed by atoms with van der Waals surface area (Å²) in [5.41, 5.74) is 1.78. The van der Waals surface area contributed by atoms with Gasteiger partial charge in [-0.15, -0.1) is 0 Å². The lowest BCUT2D eigenvalue weighted by Crippen LogP contribution is -2.37. The fraction of sp³-hybridized carbons (Fsp3) is 0.400. The third-order valence-corrected chi connectivity index (χ3v) is 5.42. The Kier molecular flexibility index (Phi) is 7.22. The van der Waals surface area contributed by atoms with Gasteiger partial charge in [0.1, 0.15) is 22.8 Å². The van der Waals surface area contributed by atoms with Gasteiger partial charge in [-0.2, -0.15) is 0 Å². The molecule has 1 aliphatic heterocycles. The summed E-state index contributed by atoms with van der Waals surface area (Å²) >= 11 is 0. The Labute approximate surface area is 183 Å². The Morgan fingerprint density at radius 3 is 2.52 bits per heavy atom. The van der Waals surface area contributed by atoms with E-state index < -0.39 is 0 Å².